The zero-order valence-electron chi connectivity index (χ0n) is 13.0. The lowest BCUT2D eigenvalue weighted by molar-refractivity contribution is -0.142. The summed E-state index contributed by atoms with van der Waals surface area (Å²) in [6.07, 6.45) is 0.958. The molecule has 7 heteroatoms. The maximum atomic E-state index is 12.7. The van der Waals surface area contributed by atoms with Crippen LogP contribution in [0.15, 0.2) is 0 Å². The minimum absolute atomic E-state index is 0.0661. The number of carbonyl (C=O) groups excluding carboxylic acids is 1. The lowest BCUT2D eigenvalue weighted by Gasteiger charge is -2.33. The fraction of sp³-hybridized carbons (Fsp3) is 0.857. The molecule has 0 spiro atoms. The van der Waals surface area contributed by atoms with Gasteiger partial charge in [-0.3, -0.25) is 4.79 Å². The molecule has 0 aromatic carbocycles. The van der Waals surface area contributed by atoms with E-state index in [-0.39, 0.29) is 18.7 Å². The molecule has 21 heavy (non-hydrogen) atoms. The summed E-state index contributed by atoms with van der Waals surface area (Å²) >= 11 is 0. The third-order valence-electron chi connectivity index (χ3n) is 4.52. The highest BCUT2D eigenvalue weighted by atomic mass is 16.5. The average Bonchev–Trinajstić information content (AvgIpc) is 3.08. The maximum Gasteiger partial charge on any atom is 0.320 e. The SMILES string of the molecule is CCN(C(=O)N1CCC(N(C)C)C1)C1COCC1C(=O)O. The molecule has 2 rings (SSSR count). The topological polar surface area (TPSA) is 73.3 Å². The number of carboxylic acids is 1. The van der Waals surface area contributed by atoms with E-state index in [1.54, 1.807) is 4.90 Å². The van der Waals surface area contributed by atoms with Gasteiger partial charge in [0.05, 0.1) is 19.3 Å². The molecule has 2 saturated heterocycles. The molecule has 0 aromatic heterocycles. The summed E-state index contributed by atoms with van der Waals surface area (Å²) in [7, 11) is 4.03. The van der Waals surface area contributed by atoms with Crippen molar-refractivity contribution in [3.63, 3.8) is 0 Å². The van der Waals surface area contributed by atoms with Gasteiger partial charge in [0.1, 0.15) is 5.92 Å². The summed E-state index contributed by atoms with van der Waals surface area (Å²) in [4.78, 5) is 29.6. The fourth-order valence-corrected chi connectivity index (χ4v) is 3.12. The van der Waals surface area contributed by atoms with Gasteiger partial charge in [-0.2, -0.15) is 0 Å². The summed E-state index contributed by atoms with van der Waals surface area (Å²) in [5, 5.41) is 9.25. The van der Waals surface area contributed by atoms with Crippen LogP contribution in [-0.4, -0.2) is 90.8 Å². The minimum Gasteiger partial charge on any atom is -0.481 e. The van der Waals surface area contributed by atoms with Crippen LogP contribution in [0.2, 0.25) is 0 Å². The number of hydrogen-bond donors (Lipinski definition) is 1. The molecule has 7 nitrogen and oxygen atoms in total. The van der Waals surface area contributed by atoms with Gasteiger partial charge in [-0.05, 0) is 27.4 Å². The first kappa shape index (κ1) is 16.0. The van der Waals surface area contributed by atoms with E-state index in [4.69, 9.17) is 4.74 Å². The van der Waals surface area contributed by atoms with Gasteiger partial charge in [0.2, 0.25) is 0 Å². The van der Waals surface area contributed by atoms with Crippen LogP contribution >= 0.6 is 0 Å². The Labute approximate surface area is 125 Å². The van der Waals surface area contributed by atoms with E-state index < -0.39 is 11.9 Å². The molecular formula is C14H25N3O4. The van der Waals surface area contributed by atoms with Crippen LogP contribution < -0.4 is 0 Å². The second-order valence-corrected chi connectivity index (χ2v) is 5.97. The number of likely N-dealkylation sites (N-methyl/N-ethyl adjacent to an activating group) is 2. The number of carbonyl (C=O) groups is 2. The van der Waals surface area contributed by atoms with Crippen molar-refractivity contribution in [1.82, 2.24) is 14.7 Å². The van der Waals surface area contributed by atoms with Gasteiger partial charge < -0.3 is 24.5 Å². The maximum absolute atomic E-state index is 12.7. The Morgan fingerprint density at radius 1 is 1.33 bits per heavy atom. The molecule has 0 aromatic rings. The van der Waals surface area contributed by atoms with Crippen molar-refractivity contribution in [2.75, 3.05) is 46.9 Å². The van der Waals surface area contributed by atoms with Crippen LogP contribution in [0.3, 0.4) is 0 Å². The Kier molecular flexibility index (Phi) is 5.05. The van der Waals surface area contributed by atoms with Crippen LogP contribution in [0, 0.1) is 5.92 Å². The molecule has 1 N–H and O–H groups in total. The first-order chi connectivity index (χ1) is 9.95. The van der Waals surface area contributed by atoms with Gasteiger partial charge in [0.25, 0.3) is 0 Å². The van der Waals surface area contributed by atoms with Crippen molar-refractivity contribution >= 4 is 12.0 Å². The minimum atomic E-state index is -0.892. The standard InChI is InChI=1S/C14H25N3O4/c1-4-17(12-9-21-8-11(12)13(18)19)14(20)16-6-5-10(7-16)15(2)3/h10-12H,4-9H2,1-3H3,(H,18,19). The lowest BCUT2D eigenvalue weighted by Crippen LogP contribution is -2.51. The number of ether oxygens (including phenoxy) is 1. The summed E-state index contributed by atoms with van der Waals surface area (Å²) in [6.45, 7) is 4.30. The van der Waals surface area contributed by atoms with E-state index in [2.05, 4.69) is 4.90 Å². The van der Waals surface area contributed by atoms with Crippen molar-refractivity contribution < 1.29 is 19.4 Å². The van der Waals surface area contributed by atoms with Gasteiger partial charge in [-0.1, -0.05) is 0 Å². The van der Waals surface area contributed by atoms with Gasteiger partial charge in [0, 0.05) is 25.7 Å². The second kappa shape index (κ2) is 6.62. The first-order valence-electron chi connectivity index (χ1n) is 7.48. The Bertz CT molecular complexity index is 402. The molecule has 2 heterocycles. The number of carboxylic acid groups (broad SMARTS) is 1. The Balaban J connectivity index is 2.04. The Morgan fingerprint density at radius 3 is 2.57 bits per heavy atom. The molecule has 0 aliphatic carbocycles. The van der Waals surface area contributed by atoms with E-state index in [1.807, 2.05) is 25.9 Å². The van der Waals surface area contributed by atoms with Gasteiger partial charge >= 0.3 is 12.0 Å². The van der Waals surface area contributed by atoms with E-state index in [9.17, 15) is 14.7 Å². The number of nitrogens with zero attached hydrogens (tertiary/aromatic N) is 3. The fourth-order valence-electron chi connectivity index (χ4n) is 3.12. The molecule has 2 aliphatic heterocycles. The largest absolute Gasteiger partial charge is 0.481 e. The molecule has 120 valence electrons. The number of rotatable bonds is 4. The average molecular weight is 299 g/mol. The Morgan fingerprint density at radius 2 is 2.05 bits per heavy atom. The van der Waals surface area contributed by atoms with E-state index in [0.717, 1.165) is 13.0 Å². The van der Waals surface area contributed by atoms with Crippen LogP contribution in [0.5, 0.6) is 0 Å². The number of aliphatic carboxylic acids is 1. The molecule has 3 atom stereocenters. The van der Waals surface area contributed by atoms with Crippen molar-refractivity contribution in [3.05, 3.63) is 0 Å². The van der Waals surface area contributed by atoms with Crippen LogP contribution in [0.1, 0.15) is 13.3 Å². The molecule has 0 bridgehead atoms. The van der Waals surface area contributed by atoms with Crippen molar-refractivity contribution in [2.45, 2.75) is 25.4 Å². The monoisotopic (exact) mass is 299 g/mol. The molecule has 0 saturated carbocycles. The highest BCUT2D eigenvalue weighted by Crippen LogP contribution is 2.23. The van der Waals surface area contributed by atoms with Gasteiger partial charge in [-0.15, -0.1) is 0 Å². The van der Waals surface area contributed by atoms with Crippen LogP contribution in [0.25, 0.3) is 0 Å². The summed E-state index contributed by atoms with van der Waals surface area (Å²) in [6, 6.07) is -0.0511. The van der Waals surface area contributed by atoms with Gasteiger partial charge in [0.15, 0.2) is 0 Å². The first-order valence-corrected chi connectivity index (χ1v) is 7.48. The molecule has 2 aliphatic rings. The third kappa shape index (κ3) is 3.29. The van der Waals surface area contributed by atoms with Crippen molar-refractivity contribution in [2.24, 2.45) is 5.92 Å². The van der Waals surface area contributed by atoms with E-state index in [1.165, 1.54) is 0 Å². The molecule has 3 unspecified atom stereocenters. The summed E-state index contributed by atoms with van der Waals surface area (Å²) in [5.41, 5.74) is 0. The molecule has 0 radical (unpaired) electrons. The number of likely N-dealkylation sites (tertiary alicyclic amines) is 1. The zero-order valence-corrected chi connectivity index (χ0v) is 13.0. The zero-order chi connectivity index (χ0) is 15.6. The molecule has 2 fully saturated rings. The van der Waals surface area contributed by atoms with E-state index in [0.29, 0.717) is 25.7 Å². The number of amides is 2. The van der Waals surface area contributed by atoms with Crippen LogP contribution in [-0.2, 0) is 9.53 Å². The highest BCUT2D eigenvalue weighted by molar-refractivity contribution is 5.77. The van der Waals surface area contributed by atoms with Gasteiger partial charge in [-0.25, -0.2) is 4.79 Å². The third-order valence-corrected chi connectivity index (χ3v) is 4.52. The smallest absolute Gasteiger partial charge is 0.320 e. The second-order valence-electron chi connectivity index (χ2n) is 5.97. The number of hydrogen-bond acceptors (Lipinski definition) is 4. The van der Waals surface area contributed by atoms with Crippen LogP contribution in [0.4, 0.5) is 4.79 Å². The predicted molar refractivity (Wildman–Crippen MR) is 77.2 cm³/mol. The summed E-state index contributed by atoms with van der Waals surface area (Å²) < 4.78 is 5.28. The normalized spacial score (nSPS) is 29.1. The Hall–Kier alpha value is -1.34. The number of urea groups is 1. The van der Waals surface area contributed by atoms with Crippen molar-refractivity contribution in [3.8, 4) is 0 Å². The molecule has 2 amide bonds. The van der Waals surface area contributed by atoms with E-state index >= 15 is 0 Å². The lowest BCUT2D eigenvalue weighted by atomic mass is 10.0. The molecular weight excluding hydrogens is 274 g/mol. The quantitative estimate of drug-likeness (QED) is 0.801. The van der Waals surface area contributed by atoms with Crippen molar-refractivity contribution in [1.29, 1.82) is 0 Å². The summed E-state index contributed by atoms with van der Waals surface area (Å²) in [5.74, 6) is -1.52. The highest BCUT2D eigenvalue weighted by Gasteiger charge is 2.41. The predicted octanol–water partition coefficient (Wildman–Crippen LogP) is 0.164.